The molecule has 0 spiro atoms. The van der Waals surface area contributed by atoms with Crippen LogP contribution in [-0.4, -0.2) is 35.5 Å². The maximum absolute atomic E-state index is 12.0. The molecule has 0 bridgehead atoms. The summed E-state index contributed by atoms with van der Waals surface area (Å²) in [6.07, 6.45) is 0.971. The van der Waals surface area contributed by atoms with E-state index in [2.05, 4.69) is 33.9 Å². The summed E-state index contributed by atoms with van der Waals surface area (Å²) in [4.78, 5) is 27.2. The number of imide groups is 1. The van der Waals surface area contributed by atoms with E-state index in [0.29, 0.717) is 0 Å². The molecular formula is C15H23N3O2S. The number of nitrogens with one attached hydrogen (secondary N) is 2. The van der Waals surface area contributed by atoms with Crippen molar-refractivity contribution in [2.45, 2.75) is 45.7 Å². The molecule has 0 aromatic carbocycles. The maximum Gasteiger partial charge on any atom is 0.321 e. The highest BCUT2D eigenvalue weighted by molar-refractivity contribution is 7.10. The van der Waals surface area contributed by atoms with E-state index >= 15 is 0 Å². The van der Waals surface area contributed by atoms with Crippen LogP contribution in [0, 0.1) is 0 Å². The molecule has 1 unspecified atom stereocenters. The minimum absolute atomic E-state index is 0.219. The number of carbonyl (C=O) groups is 2. The number of fused-ring (bicyclic) bond motifs is 1. The van der Waals surface area contributed by atoms with Crippen molar-refractivity contribution in [3.05, 3.63) is 21.9 Å². The van der Waals surface area contributed by atoms with Crippen molar-refractivity contribution in [2.75, 3.05) is 13.1 Å². The third-order valence-electron chi connectivity index (χ3n) is 3.49. The molecule has 2 heterocycles. The number of urea groups is 1. The molecule has 21 heavy (non-hydrogen) atoms. The van der Waals surface area contributed by atoms with Gasteiger partial charge in [-0.05, 0) is 51.1 Å². The molecule has 5 nitrogen and oxygen atoms in total. The lowest BCUT2D eigenvalue weighted by atomic mass is 10.0. The van der Waals surface area contributed by atoms with Gasteiger partial charge in [-0.15, -0.1) is 11.3 Å². The van der Waals surface area contributed by atoms with Crippen LogP contribution in [0.3, 0.4) is 0 Å². The largest absolute Gasteiger partial charge is 0.333 e. The zero-order chi connectivity index (χ0) is 15.6. The summed E-state index contributed by atoms with van der Waals surface area (Å²) >= 11 is 1.78. The van der Waals surface area contributed by atoms with E-state index in [4.69, 9.17) is 0 Å². The van der Waals surface area contributed by atoms with Gasteiger partial charge in [0.25, 0.3) is 0 Å². The molecule has 0 radical (unpaired) electrons. The number of rotatable bonds is 2. The SMILES string of the molecule is CC1c2ccsc2CCN1CC(=O)NC(=O)NC(C)(C)C. The molecule has 0 aliphatic carbocycles. The fourth-order valence-corrected chi connectivity index (χ4v) is 3.46. The molecule has 3 amide bonds. The summed E-state index contributed by atoms with van der Waals surface area (Å²) in [6, 6.07) is 1.91. The molecule has 0 saturated heterocycles. The molecule has 2 N–H and O–H groups in total. The van der Waals surface area contributed by atoms with Crippen molar-refractivity contribution in [3.63, 3.8) is 0 Å². The van der Waals surface area contributed by atoms with Crippen LogP contribution in [0.4, 0.5) is 4.79 Å². The first-order valence-corrected chi connectivity index (χ1v) is 8.06. The minimum atomic E-state index is -0.437. The Kier molecular flexibility index (Phi) is 4.68. The predicted octanol–water partition coefficient (Wildman–Crippen LogP) is 2.29. The Balaban J connectivity index is 1.88. The van der Waals surface area contributed by atoms with Crippen molar-refractivity contribution >= 4 is 23.3 Å². The quantitative estimate of drug-likeness (QED) is 0.881. The second-order valence-electron chi connectivity index (χ2n) is 6.45. The molecule has 1 aliphatic rings. The molecule has 0 saturated carbocycles. The Bertz CT molecular complexity index is 533. The van der Waals surface area contributed by atoms with Crippen molar-refractivity contribution in [1.29, 1.82) is 0 Å². The molecule has 6 heteroatoms. The van der Waals surface area contributed by atoms with Gasteiger partial charge in [-0.25, -0.2) is 4.79 Å². The van der Waals surface area contributed by atoms with Crippen LogP contribution >= 0.6 is 11.3 Å². The zero-order valence-electron chi connectivity index (χ0n) is 13.0. The summed E-state index contributed by atoms with van der Waals surface area (Å²) in [7, 11) is 0. The molecule has 1 aromatic rings. The Hall–Kier alpha value is -1.40. The van der Waals surface area contributed by atoms with Gasteiger partial charge in [-0.2, -0.15) is 0 Å². The predicted molar refractivity (Wildman–Crippen MR) is 84.4 cm³/mol. The lowest BCUT2D eigenvalue weighted by Crippen LogP contribution is -2.51. The van der Waals surface area contributed by atoms with Crippen molar-refractivity contribution < 1.29 is 9.59 Å². The van der Waals surface area contributed by atoms with Crippen LogP contribution in [-0.2, 0) is 11.2 Å². The summed E-state index contributed by atoms with van der Waals surface area (Å²) < 4.78 is 0. The van der Waals surface area contributed by atoms with Gasteiger partial charge in [0.15, 0.2) is 0 Å². The van der Waals surface area contributed by atoms with Gasteiger partial charge in [0.2, 0.25) is 5.91 Å². The standard InChI is InChI=1S/C15H23N3O2S/c1-10-11-6-8-21-12(11)5-7-18(10)9-13(19)16-14(20)17-15(2,3)4/h6,8,10H,5,7,9H2,1-4H3,(H2,16,17,19,20). The van der Waals surface area contributed by atoms with Gasteiger partial charge in [0.1, 0.15) is 0 Å². The van der Waals surface area contributed by atoms with Crippen LogP contribution in [0.2, 0.25) is 0 Å². The van der Waals surface area contributed by atoms with Gasteiger partial charge < -0.3 is 5.32 Å². The molecule has 1 atom stereocenters. The topological polar surface area (TPSA) is 61.4 Å². The van der Waals surface area contributed by atoms with E-state index in [1.54, 1.807) is 11.3 Å². The van der Waals surface area contributed by atoms with Gasteiger partial charge in [-0.1, -0.05) is 0 Å². The first-order valence-electron chi connectivity index (χ1n) is 7.18. The maximum atomic E-state index is 12.0. The highest BCUT2D eigenvalue weighted by atomic mass is 32.1. The number of hydrogen-bond donors (Lipinski definition) is 2. The molecule has 2 rings (SSSR count). The highest BCUT2D eigenvalue weighted by Crippen LogP contribution is 2.32. The number of hydrogen-bond acceptors (Lipinski definition) is 4. The first kappa shape index (κ1) is 16.0. The average Bonchev–Trinajstić information content (AvgIpc) is 2.79. The van der Waals surface area contributed by atoms with Crippen LogP contribution in [0.1, 0.15) is 44.2 Å². The second kappa shape index (κ2) is 6.15. The Morgan fingerprint density at radius 1 is 1.43 bits per heavy atom. The lowest BCUT2D eigenvalue weighted by molar-refractivity contribution is -0.121. The Morgan fingerprint density at radius 3 is 2.81 bits per heavy atom. The van der Waals surface area contributed by atoms with Gasteiger partial charge in [0.05, 0.1) is 6.54 Å². The first-order chi connectivity index (χ1) is 9.76. The van der Waals surface area contributed by atoms with Gasteiger partial charge in [0, 0.05) is 23.0 Å². The summed E-state index contributed by atoms with van der Waals surface area (Å²) in [5.41, 5.74) is 0.951. The average molecular weight is 309 g/mol. The minimum Gasteiger partial charge on any atom is -0.333 e. The van der Waals surface area contributed by atoms with E-state index < -0.39 is 6.03 Å². The van der Waals surface area contributed by atoms with E-state index in [-0.39, 0.29) is 24.0 Å². The Morgan fingerprint density at radius 2 is 2.14 bits per heavy atom. The molecule has 1 aromatic heterocycles. The molecular weight excluding hydrogens is 286 g/mol. The smallest absolute Gasteiger partial charge is 0.321 e. The van der Waals surface area contributed by atoms with Crippen molar-refractivity contribution in [2.24, 2.45) is 0 Å². The van der Waals surface area contributed by atoms with Gasteiger partial charge in [-0.3, -0.25) is 15.0 Å². The fraction of sp³-hybridized carbons (Fsp3) is 0.600. The normalized spacial score (nSPS) is 19.0. The van der Waals surface area contributed by atoms with Gasteiger partial charge >= 0.3 is 6.03 Å². The van der Waals surface area contributed by atoms with Crippen LogP contribution in [0.15, 0.2) is 11.4 Å². The van der Waals surface area contributed by atoms with Crippen LogP contribution in [0.5, 0.6) is 0 Å². The summed E-state index contributed by atoms with van der Waals surface area (Å²) in [6.45, 7) is 8.83. The van der Waals surface area contributed by atoms with Crippen LogP contribution in [0.25, 0.3) is 0 Å². The van der Waals surface area contributed by atoms with E-state index in [9.17, 15) is 9.59 Å². The number of amides is 3. The molecule has 1 aliphatic heterocycles. The van der Waals surface area contributed by atoms with E-state index in [1.807, 2.05) is 20.8 Å². The van der Waals surface area contributed by atoms with E-state index in [0.717, 1.165) is 13.0 Å². The third-order valence-corrected chi connectivity index (χ3v) is 4.49. The van der Waals surface area contributed by atoms with Crippen LogP contribution < -0.4 is 10.6 Å². The fourth-order valence-electron chi connectivity index (χ4n) is 2.50. The monoisotopic (exact) mass is 309 g/mol. The van der Waals surface area contributed by atoms with Crippen molar-refractivity contribution in [3.8, 4) is 0 Å². The zero-order valence-corrected chi connectivity index (χ0v) is 13.8. The van der Waals surface area contributed by atoms with Crippen molar-refractivity contribution in [1.82, 2.24) is 15.5 Å². The third kappa shape index (κ3) is 4.28. The second-order valence-corrected chi connectivity index (χ2v) is 7.45. The number of carbonyl (C=O) groups excluding carboxylic acids is 2. The molecule has 116 valence electrons. The van der Waals surface area contributed by atoms with E-state index in [1.165, 1.54) is 10.4 Å². The number of nitrogens with zero attached hydrogens (tertiary/aromatic N) is 1. The Labute approximate surface area is 129 Å². The summed E-state index contributed by atoms with van der Waals surface area (Å²) in [5, 5.41) is 7.22. The highest BCUT2D eigenvalue weighted by Gasteiger charge is 2.26. The summed E-state index contributed by atoms with van der Waals surface area (Å²) in [5.74, 6) is -0.262. The molecule has 0 fully saturated rings. The number of thiophene rings is 1. The lowest BCUT2D eigenvalue weighted by Gasteiger charge is -2.32.